The summed E-state index contributed by atoms with van der Waals surface area (Å²) >= 11 is 3.33. The van der Waals surface area contributed by atoms with Crippen LogP contribution in [0.3, 0.4) is 0 Å². The van der Waals surface area contributed by atoms with Gasteiger partial charge in [0.25, 0.3) is 5.91 Å². The van der Waals surface area contributed by atoms with Crippen molar-refractivity contribution in [2.75, 3.05) is 13.1 Å². The molecule has 0 saturated carbocycles. The second-order valence-corrected chi connectivity index (χ2v) is 5.22. The number of amides is 1. The van der Waals surface area contributed by atoms with Gasteiger partial charge in [-0.1, -0.05) is 34.1 Å². The number of hydrogen-bond donors (Lipinski definition) is 0. The minimum absolute atomic E-state index is 0.495. The molecule has 1 aliphatic rings. The van der Waals surface area contributed by atoms with Gasteiger partial charge in [0.2, 0.25) is 0 Å². The first-order chi connectivity index (χ1) is 8.68. The van der Waals surface area contributed by atoms with E-state index in [0.717, 1.165) is 23.7 Å². The van der Waals surface area contributed by atoms with Crippen molar-refractivity contribution in [2.45, 2.75) is 19.3 Å². The Labute approximate surface area is 115 Å². The molecular formula is C14H15BrFNO. The van der Waals surface area contributed by atoms with Crippen LogP contribution in [0.15, 0.2) is 34.6 Å². The summed E-state index contributed by atoms with van der Waals surface area (Å²) in [7, 11) is 0. The first kappa shape index (κ1) is 13.3. The van der Waals surface area contributed by atoms with Gasteiger partial charge in [-0.25, -0.2) is 4.39 Å². The normalized spacial score (nSPS) is 16.8. The lowest BCUT2D eigenvalue weighted by molar-refractivity contribution is -0.129. The van der Waals surface area contributed by atoms with E-state index in [2.05, 4.69) is 15.9 Å². The van der Waals surface area contributed by atoms with Crippen molar-refractivity contribution >= 4 is 27.9 Å². The lowest BCUT2D eigenvalue weighted by Gasteiger charge is -2.25. The average molecular weight is 312 g/mol. The number of benzene rings is 1. The van der Waals surface area contributed by atoms with Crippen LogP contribution in [0, 0.1) is 0 Å². The summed E-state index contributed by atoms with van der Waals surface area (Å²) in [5, 5.41) is 0. The summed E-state index contributed by atoms with van der Waals surface area (Å²) in [6, 6.07) is 7.26. The van der Waals surface area contributed by atoms with Gasteiger partial charge < -0.3 is 4.90 Å². The summed E-state index contributed by atoms with van der Waals surface area (Å²) in [5.74, 6) is -1.19. The Morgan fingerprint density at radius 3 is 2.56 bits per heavy atom. The summed E-state index contributed by atoms with van der Waals surface area (Å²) < 4.78 is 14.7. The summed E-state index contributed by atoms with van der Waals surface area (Å²) in [6.07, 6.45) is 4.35. The van der Waals surface area contributed by atoms with Gasteiger partial charge >= 0.3 is 0 Å². The third-order valence-electron chi connectivity index (χ3n) is 3.04. The fourth-order valence-corrected chi connectivity index (χ4v) is 2.44. The Morgan fingerprint density at radius 2 is 1.89 bits per heavy atom. The molecule has 1 aliphatic heterocycles. The zero-order valence-corrected chi connectivity index (χ0v) is 11.6. The Morgan fingerprint density at radius 1 is 1.22 bits per heavy atom. The SMILES string of the molecule is O=C(/C(F)=C/c1ccccc1Br)N1CCCCC1. The van der Waals surface area contributed by atoms with Gasteiger partial charge in [0.1, 0.15) is 0 Å². The Kier molecular flexibility index (Phi) is 4.53. The molecule has 0 unspecified atom stereocenters. The third kappa shape index (κ3) is 3.19. The minimum atomic E-state index is -0.691. The van der Waals surface area contributed by atoms with Crippen molar-refractivity contribution in [3.63, 3.8) is 0 Å². The van der Waals surface area contributed by atoms with E-state index in [1.165, 1.54) is 6.08 Å². The predicted octanol–water partition coefficient (Wildman–Crippen LogP) is 3.77. The molecule has 0 N–H and O–H groups in total. The van der Waals surface area contributed by atoms with Gasteiger partial charge in [0.15, 0.2) is 5.83 Å². The number of nitrogens with zero attached hydrogens (tertiary/aromatic N) is 1. The standard InChI is InChI=1S/C14H15BrFNO/c15-12-7-3-2-6-11(12)10-13(16)14(18)17-8-4-1-5-9-17/h2-3,6-7,10H,1,4-5,8-9H2/b13-10-. The molecule has 0 aromatic heterocycles. The predicted molar refractivity (Wildman–Crippen MR) is 73.7 cm³/mol. The smallest absolute Gasteiger partial charge is 0.282 e. The summed E-state index contributed by atoms with van der Waals surface area (Å²) in [6.45, 7) is 1.33. The number of carbonyl (C=O) groups is 1. The molecule has 4 heteroatoms. The van der Waals surface area contributed by atoms with Crippen LogP contribution in [-0.4, -0.2) is 23.9 Å². The van der Waals surface area contributed by atoms with Gasteiger partial charge in [0, 0.05) is 17.6 Å². The minimum Gasteiger partial charge on any atom is -0.337 e. The molecule has 2 nitrogen and oxygen atoms in total. The highest BCUT2D eigenvalue weighted by atomic mass is 79.9. The Balaban J connectivity index is 2.12. The van der Waals surface area contributed by atoms with E-state index in [-0.39, 0.29) is 0 Å². The summed E-state index contributed by atoms with van der Waals surface area (Å²) in [4.78, 5) is 13.5. The maximum atomic E-state index is 13.9. The van der Waals surface area contributed by atoms with Crippen molar-refractivity contribution in [3.05, 3.63) is 40.1 Å². The molecular weight excluding hydrogens is 297 g/mol. The van der Waals surface area contributed by atoms with Crippen molar-refractivity contribution in [2.24, 2.45) is 0 Å². The van der Waals surface area contributed by atoms with Crippen LogP contribution < -0.4 is 0 Å². The summed E-state index contributed by atoms with van der Waals surface area (Å²) in [5.41, 5.74) is 0.681. The van der Waals surface area contributed by atoms with Crippen molar-refractivity contribution in [3.8, 4) is 0 Å². The molecule has 0 bridgehead atoms. The van der Waals surface area contributed by atoms with E-state index in [4.69, 9.17) is 0 Å². The van der Waals surface area contributed by atoms with Crippen LogP contribution >= 0.6 is 15.9 Å². The fraction of sp³-hybridized carbons (Fsp3) is 0.357. The molecule has 1 saturated heterocycles. The first-order valence-electron chi connectivity index (χ1n) is 6.09. The molecule has 1 fully saturated rings. The van der Waals surface area contributed by atoms with E-state index in [1.54, 1.807) is 11.0 Å². The van der Waals surface area contributed by atoms with Crippen LogP contribution in [-0.2, 0) is 4.79 Å². The van der Waals surface area contributed by atoms with E-state index in [9.17, 15) is 9.18 Å². The molecule has 96 valence electrons. The van der Waals surface area contributed by atoms with Crippen LogP contribution in [0.2, 0.25) is 0 Å². The van der Waals surface area contributed by atoms with Gasteiger partial charge in [-0.15, -0.1) is 0 Å². The first-order valence-corrected chi connectivity index (χ1v) is 6.89. The second kappa shape index (κ2) is 6.14. The number of piperidine rings is 1. The van der Waals surface area contributed by atoms with Crippen LogP contribution in [0.1, 0.15) is 24.8 Å². The number of likely N-dealkylation sites (tertiary alicyclic amines) is 1. The quantitative estimate of drug-likeness (QED) is 0.761. The van der Waals surface area contributed by atoms with Gasteiger partial charge in [-0.2, -0.15) is 0 Å². The van der Waals surface area contributed by atoms with Gasteiger partial charge in [-0.05, 0) is 37.0 Å². The molecule has 1 heterocycles. The monoisotopic (exact) mass is 311 g/mol. The molecule has 0 atom stereocenters. The molecule has 1 amide bonds. The molecule has 0 radical (unpaired) electrons. The Bertz CT molecular complexity index is 467. The van der Waals surface area contributed by atoms with E-state index in [1.807, 2.05) is 18.2 Å². The average Bonchev–Trinajstić information content (AvgIpc) is 2.41. The lowest BCUT2D eigenvalue weighted by atomic mass is 10.1. The van der Waals surface area contributed by atoms with E-state index >= 15 is 0 Å². The maximum Gasteiger partial charge on any atom is 0.282 e. The topological polar surface area (TPSA) is 20.3 Å². The Hall–Kier alpha value is -1.16. The highest BCUT2D eigenvalue weighted by Crippen LogP contribution is 2.21. The number of halogens is 2. The fourth-order valence-electron chi connectivity index (χ4n) is 2.04. The zero-order valence-electron chi connectivity index (χ0n) is 10.0. The zero-order chi connectivity index (χ0) is 13.0. The van der Waals surface area contributed by atoms with Crippen LogP contribution in [0.5, 0.6) is 0 Å². The van der Waals surface area contributed by atoms with Crippen LogP contribution in [0.4, 0.5) is 4.39 Å². The van der Waals surface area contributed by atoms with Crippen molar-refractivity contribution in [1.82, 2.24) is 4.90 Å². The second-order valence-electron chi connectivity index (χ2n) is 4.37. The van der Waals surface area contributed by atoms with Gasteiger partial charge in [0.05, 0.1) is 0 Å². The number of rotatable bonds is 2. The maximum absolute atomic E-state index is 13.9. The number of carbonyl (C=O) groups excluding carboxylic acids is 1. The molecule has 1 aromatic carbocycles. The van der Waals surface area contributed by atoms with E-state index in [0.29, 0.717) is 18.7 Å². The molecule has 1 aromatic rings. The van der Waals surface area contributed by atoms with Crippen LogP contribution in [0.25, 0.3) is 6.08 Å². The molecule has 2 rings (SSSR count). The molecule has 0 aliphatic carbocycles. The number of hydrogen-bond acceptors (Lipinski definition) is 1. The molecule has 18 heavy (non-hydrogen) atoms. The van der Waals surface area contributed by atoms with E-state index < -0.39 is 11.7 Å². The van der Waals surface area contributed by atoms with Crippen molar-refractivity contribution in [1.29, 1.82) is 0 Å². The lowest BCUT2D eigenvalue weighted by Crippen LogP contribution is -2.35. The highest BCUT2D eigenvalue weighted by molar-refractivity contribution is 9.10. The molecule has 0 spiro atoms. The largest absolute Gasteiger partial charge is 0.337 e. The van der Waals surface area contributed by atoms with Crippen molar-refractivity contribution < 1.29 is 9.18 Å². The highest BCUT2D eigenvalue weighted by Gasteiger charge is 2.20. The van der Waals surface area contributed by atoms with Gasteiger partial charge in [-0.3, -0.25) is 4.79 Å². The third-order valence-corrected chi connectivity index (χ3v) is 3.76.